The van der Waals surface area contributed by atoms with Crippen molar-refractivity contribution in [2.45, 2.75) is 341 Å². The van der Waals surface area contributed by atoms with Gasteiger partial charge in [-0.3, -0.25) is 37.3 Å². The van der Waals surface area contributed by atoms with Gasteiger partial charge in [0.05, 0.1) is 26.4 Å². The highest BCUT2D eigenvalue weighted by Gasteiger charge is 2.30. The highest BCUT2D eigenvalue weighted by molar-refractivity contribution is 7.47. The summed E-state index contributed by atoms with van der Waals surface area (Å²) in [7, 11) is -10.00. The van der Waals surface area contributed by atoms with E-state index >= 15 is 0 Å². The Kier molecular flexibility index (Phi) is 75.8. The van der Waals surface area contributed by atoms with Crippen molar-refractivity contribution in [3.05, 3.63) is 158 Å². The van der Waals surface area contributed by atoms with Crippen LogP contribution in [0.5, 0.6) is 0 Å². The number of carbonyl (C=O) groups is 4. The molecule has 0 amide bonds. The van der Waals surface area contributed by atoms with Gasteiger partial charge in [-0.1, -0.05) is 282 Å². The van der Waals surface area contributed by atoms with E-state index in [0.29, 0.717) is 25.7 Å². The molecule has 0 aliphatic heterocycles. The molecule has 0 bridgehead atoms. The lowest BCUT2D eigenvalue weighted by molar-refractivity contribution is -0.161. The van der Waals surface area contributed by atoms with Gasteiger partial charge in [-0.05, 0) is 173 Å². The molecular formula is C89H148O17P2. The molecule has 0 saturated heterocycles. The van der Waals surface area contributed by atoms with Crippen LogP contribution in [-0.4, -0.2) is 96.7 Å². The van der Waals surface area contributed by atoms with E-state index in [1.165, 1.54) is 44.9 Å². The molecule has 3 N–H and O–H groups in total. The van der Waals surface area contributed by atoms with Crippen molar-refractivity contribution >= 4 is 39.5 Å². The molecule has 0 rings (SSSR count). The standard InChI is InChI=1S/C89H148O17P2/c1-5-9-13-17-21-25-29-33-36-39-41-44-47-51-54-58-62-66-70-74-87(92)100-80-85(106-89(94)76-72-68-64-60-56-52-48-45-42-40-37-34-30-26-22-18-14-10-6-2)82-104-108(97,98)102-78-83(90)77-101-107(95,96)103-81-84(105-88(93)75-71-67-63-59-55-49-32-28-24-20-16-12-8-4)79-99-86(91)73-69-65-61-57-53-50-46-43-38-35-31-27-23-19-15-11-7-3/h9,11,13,15,21-23,25-28,32-38,41-42,44-46,50-51,54,83-85,90H,5-8,10,12,14,16-20,24,29-31,39-40,43,47-49,52-53,55-82H2,1-4H3,(H,95,96)(H,97,98)/b13-9-,15-11-,25-21-,26-22-,27-23-,32-28-,36-33-,37-34-,38-35-,44-41-,45-42-,50-46-,54-51-. The summed E-state index contributed by atoms with van der Waals surface area (Å²) < 4.78 is 68.7. The summed E-state index contributed by atoms with van der Waals surface area (Å²) >= 11 is 0. The van der Waals surface area contributed by atoms with Gasteiger partial charge in [-0.25, -0.2) is 9.13 Å². The molecule has 0 aromatic carbocycles. The smallest absolute Gasteiger partial charge is 0.462 e. The number of rotatable bonds is 77. The van der Waals surface area contributed by atoms with Gasteiger partial charge in [-0.2, -0.15) is 0 Å². The van der Waals surface area contributed by atoms with E-state index in [0.717, 1.165) is 199 Å². The lowest BCUT2D eigenvalue weighted by Gasteiger charge is -2.21. The molecule has 0 heterocycles. The number of unbranched alkanes of at least 4 members (excludes halogenated alkanes) is 25. The third kappa shape index (κ3) is 78.8. The lowest BCUT2D eigenvalue weighted by atomic mass is 10.1. The SMILES string of the molecule is CC/C=C\C/C=C\C/C=C\C/C=C\C/C=C\CCCCCC(=O)OCC(COP(=O)(O)OCC(O)COP(=O)(O)OCC(COC(=O)CCCCCC/C=C\C/C=C\C/C=C\C/C=C\CC)OC(=O)CCCCCCC/C=C\CCCCCC)OC(=O)CCCCCCCC/C=C\C/C=C\C/C=C\CCCCC. The number of aliphatic hydroxyl groups excluding tert-OH is 1. The third-order valence-electron chi connectivity index (χ3n) is 17.0. The summed E-state index contributed by atoms with van der Waals surface area (Å²) in [4.78, 5) is 73.2. The second-order valence-corrected chi connectivity index (χ2v) is 30.2. The summed E-state index contributed by atoms with van der Waals surface area (Å²) in [5, 5.41) is 10.7. The number of hydrogen-bond acceptors (Lipinski definition) is 15. The van der Waals surface area contributed by atoms with E-state index in [-0.39, 0.29) is 25.7 Å². The van der Waals surface area contributed by atoms with Crippen molar-refractivity contribution in [1.29, 1.82) is 0 Å². The van der Waals surface area contributed by atoms with Crippen LogP contribution in [0.2, 0.25) is 0 Å². The van der Waals surface area contributed by atoms with Crippen molar-refractivity contribution in [2.24, 2.45) is 0 Å². The van der Waals surface area contributed by atoms with Crippen LogP contribution >= 0.6 is 15.6 Å². The molecule has 0 aromatic heterocycles. The fourth-order valence-corrected chi connectivity index (χ4v) is 12.2. The number of allylic oxidation sites excluding steroid dienone is 26. The minimum Gasteiger partial charge on any atom is -0.462 e. The normalized spacial score (nSPS) is 14.6. The summed E-state index contributed by atoms with van der Waals surface area (Å²) in [5.41, 5.74) is 0. The number of phosphoric acid groups is 2. The Morgan fingerprint density at radius 2 is 0.481 bits per heavy atom. The molecular weight excluding hydrogens is 1400 g/mol. The fourth-order valence-electron chi connectivity index (χ4n) is 10.7. The Morgan fingerprint density at radius 3 is 0.778 bits per heavy atom. The van der Waals surface area contributed by atoms with Gasteiger partial charge in [0.1, 0.15) is 19.3 Å². The van der Waals surface area contributed by atoms with Gasteiger partial charge in [0, 0.05) is 25.7 Å². The first-order chi connectivity index (χ1) is 52.7. The number of aliphatic hydroxyl groups is 1. The average molecular weight is 1550 g/mol. The highest BCUT2D eigenvalue weighted by Crippen LogP contribution is 2.45. The van der Waals surface area contributed by atoms with Crippen LogP contribution in [0.15, 0.2) is 158 Å². The van der Waals surface area contributed by atoms with Crippen LogP contribution < -0.4 is 0 Å². The molecule has 17 nitrogen and oxygen atoms in total. The van der Waals surface area contributed by atoms with Gasteiger partial charge >= 0.3 is 39.5 Å². The molecule has 616 valence electrons. The molecule has 0 fully saturated rings. The number of ether oxygens (including phenoxy) is 4. The van der Waals surface area contributed by atoms with Gasteiger partial charge in [0.25, 0.3) is 0 Å². The van der Waals surface area contributed by atoms with Crippen LogP contribution in [0.3, 0.4) is 0 Å². The van der Waals surface area contributed by atoms with E-state index in [1.54, 1.807) is 0 Å². The number of esters is 4. The molecule has 19 heteroatoms. The van der Waals surface area contributed by atoms with Crippen LogP contribution in [0.4, 0.5) is 0 Å². The summed E-state index contributed by atoms with van der Waals surface area (Å²) in [5.74, 6) is -2.26. The molecule has 0 aliphatic rings. The molecule has 5 unspecified atom stereocenters. The summed E-state index contributed by atoms with van der Waals surface area (Å²) in [6, 6.07) is 0. The summed E-state index contributed by atoms with van der Waals surface area (Å²) in [6.07, 6.45) is 93.5. The second-order valence-electron chi connectivity index (χ2n) is 27.3. The fraction of sp³-hybridized carbons (Fsp3) is 0.663. The van der Waals surface area contributed by atoms with Crippen LogP contribution in [-0.2, 0) is 65.4 Å². The van der Waals surface area contributed by atoms with Crippen molar-refractivity contribution in [2.75, 3.05) is 39.6 Å². The molecule has 0 radical (unpaired) electrons. The molecule has 0 aliphatic carbocycles. The topological polar surface area (TPSA) is 237 Å². The van der Waals surface area contributed by atoms with E-state index in [9.17, 15) is 43.2 Å². The average Bonchev–Trinajstić information content (AvgIpc) is 0.892. The number of phosphoric ester groups is 2. The largest absolute Gasteiger partial charge is 0.472 e. The van der Waals surface area contributed by atoms with Crippen molar-refractivity contribution in [1.82, 2.24) is 0 Å². The number of carbonyl (C=O) groups excluding carboxylic acids is 4. The van der Waals surface area contributed by atoms with Gasteiger partial charge < -0.3 is 33.8 Å². The monoisotopic (exact) mass is 1550 g/mol. The Balaban J connectivity index is 5.45. The van der Waals surface area contributed by atoms with Gasteiger partial charge in [0.15, 0.2) is 12.2 Å². The molecule has 5 atom stereocenters. The zero-order valence-electron chi connectivity index (χ0n) is 67.5. The quantitative estimate of drug-likeness (QED) is 0.0169. The predicted molar refractivity (Wildman–Crippen MR) is 445 cm³/mol. The molecule has 0 saturated carbocycles. The molecule has 0 spiro atoms. The van der Waals surface area contributed by atoms with Crippen LogP contribution in [0, 0.1) is 0 Å². The van der Waals surface area contributed by atoms with Crippen molar-refractivity contribution in [3.63, 3.8) is 0 Å². The minimum absolute atomic E-state index is 0.0673. The van der Waals surface area contributed by atoms with E-state index in [1.807, 2.05) is 0 Å². The maximum atomic E-state index is 13.1. The summed E-state index contributed by atoms with van der Waals surface area (Å²) in [6.45, 7) is 4.53. The second kappa shape index (κ2) is 79.8. The zero-order chi connectivity index (χ0) is 78.9. The first kappa shape index (κ1) is 103. The van der Waals surface area contributed by atoms with Gasteiger partial charge in [-0.15, -0.1) is 0 Å². The lowest BCUT2D eigenvalue weighted by Crippen LogP contribution is -2.30. The molecule has 108 heavy (non-hydrogen) atoms. The zero-order valence-corrected chi connectivity index (χ0v) is 69.3. The highest BCUT2D eigenvalue weighted by atomic mass is 31.2. The Bertz CT molecular complexity index is 2660. The van der Waals surface area contributed by atoms with E-state index in [2.05, 4.69) is 186 Å². The first-order valence-corrected chi connectivity index (χ1v) is 44.7. The first-order valence-electron chi connectivity index (χ1n) is 41.7. The predicted octanol–water partition coefficient (Wildman–Crippen LogP) is 24.8. The van der Waals surface area contributed by atoms with Crippen molar-refractivity contribution < 1.29 is 80.2 Å². The Morgan fingerprint density at radius 1 is 0.269 bits per heavy atom. The number of hydrogen-bond donors (Lipinski definition) is 3. The minimum atomic E-state index is -5.00. The van der Waals surface area contributed by atoms with Crippen LogP contribution in [0.1, 0.15) is 323 Å². The third-order valence-corrected chi connectivity index (χ3v) is 18.9. The Hall–Kier alpha value is -5.32. The van der Waals surface area contributed by atoms with Gasteiger partial charge in [0.2, 0.25) is 0 Å². The maximum Gasteiger partial charge on any atom is 0.472 e. The van der Waals surface area contributed by atoms with Crippen LogP contribution in [0.25, 0.3) is 0 Å². The van der Waals surface area contributed by atoms with Crippen molar-refractivity contribution in [3.8, 4) is 0 Å². The van der Waals surface area contributed by atoms with E-state index in [4.69, 9.17) is 37.0 Å². The Labute approximate surface area is 655 Å². The molecule has 0 aromatic rings. The maximum absolute atomic E-state index is 13.1. The van der Waals surface area contributed by atoms with E-state index < -0.39 is 97.5 Å².